The van der Waals surface area contributed by atoms with Gasteiger partial charge in [-0.3, -0.25) is 4.90 Å². The molecule has 0 radical (unpaired) electrons. The van der Waals surface area contributed by atoms with Crippen molar-refractivity contribution in [3.05, 3.63) is 217 Å². The Morgan fingerprint density at radius 1 is 0.500 bits per heavy atom. The van der Waals surface area contributed by atoms with E-state index in [4.69, 9.17) is 13.8 Å². The molecule has 0 aliphatic carbocycles. The van der Waals surface area contributed by atoms with E-state index in [9.17, 15) is 2.74 Å². The molecule has 70 heavy (non-hydrogen) atoms. The predicted octanol–water partition coefficient (Wildman–Crippen LogP) is 16.3. The van der Waals surface area contributed by atoms with Gasteiger partial charge >= 0.3 is 0 Å². The third-order valence-electron chi connectivity index (χ3n) is 13.9. The van der Waals surface area contributed by atoms with Crippen LogP contribution in [0.3, 0.4) is 0 Å². The molecule has 346 valence electrons. The lowest BCUT2D eigenvalue weighted by molar-refractivity contribution is 0.483. The first kappa shape index (κ1) is 39.2. The molecule has 0 atom stereocenters. The van der Waals surface area contributed by atoms with E-state index in [2.05, 4.69) is 185 Å². The number of aromatic nitrogens is 1. The van der Waals surface area contributed by atoms with Crippen molar-refractivity contribution in [2.45, 2.75) is 65.5 Å². The summed E-state index contributed by atoms with van der Waals surface area (Å²) in [6.45, 7) is 18.5. The average Bonchev–Trinajstić information content (AvgIpc) is 3.79. The quantitative estimate of drug-likeness (QED) is 0.142. The lowest BCUT2D eigenvalue weighted by atomic mass is 9.82. The normalized spacial score (nSPS) is 15.0. The average molecular weight is 934 g/mol. The van der Waals surface area contributed by atoms with Crippen LogP contribution < -0.4 is 29.8 Å². The van der Waals surface area contributed by atoms with Gasteiger partial charge in [-0.15, -0.1) is 0 Å². The van der Waals surface area contributed by atoms with Crippen molar-refractivity contribution in [2.75, 3.05) is 21.4 Å². The zero-order valence-corrected chi connectivity index (χ0v) is 42.1. The molecule has 1 aromatic heterocycles. The van der Waals surface area contributed by atoms with Crippen LogP contribution in [0.2, 0.25) is 13.1 Å². The van der Waals surface area contributed by atoms with Crippen LogP contribution in [0.15, 0.2) is 206 Å². The standard InChI is InChI=1S/C64H60N4OSi/c1-63(2,3)48-35-36-65-61(40-48)68-57-31-17-18-32-59(57)70(7,8)60-34-33-52(42-58(60)68)69-51-26-19-25-50(41-51)66-43-67(56-30-16-15-29-55(56)66)62-53(45-23-13-10-14-24-45)27-20-28-54(62)47-37-46(44-21-11-9-12-22-44)38-49(39-47)64(4,5)6/h9-42H,43H2,1-8H3/i10D,13D,14D,23D,24D. The minimum atomic E-state index is -2.15. The third-order valence-corrected chi connectivity index (χ3v) is 17.5. The lowest BCUT2D eigenvalue weighted by Gasteiger charge is -2.40. The fraction of sp³-hybridized carbons (Fsp3) is 0.172. The third kappa shape index (κ3) is 8.16. The van der Waals surface area contributed by atoms with Crippen molar-refractivity contribution < 1.29 is 11.6 Å². The second-order valence-corrected chi connectivity index (χ2v) is 25.3. The highest BCUT2D eigenvalue weighted by atomic mass is 28.3. The SMILES string of the molecule is [2H]c1c([2H])c([2H])c(-c2cccc(-c3cc(-c4ccccc4)cc(C(C)(C)C)c3)c2N2CN(c3cccc(Oc4ccc5c(c4)N(c4cc(C(C)(C)C)ccn4)c4ccccc4[Si]5(C)C)c3)c3ccccc32)c([2H])c1[2H]. The number of anilines is 7. The van der Waals surface area contributed by atoms with Gasteiger partial charge in [-0.2, -0.15) is 0 Å². The van der Waals surface area contributed by atoms with Crippen LogP contribution in [0.5, 0.6) is 11.5 Å². The van der Waals surface area contributed by atoms with Crippen molar-refractivity contribution in [1.29, 1.82) is 0 Å². The Morgan fingerprint density at radius 2 is 1.13 bits per heavy atom. The molecule has 0 spiro atoms. The number of pyridine rings is 1. The first-order chi connectivity index (χ1) is 35.8. The van der Waals surface area contributed by atoms with Crippen molar-refractivity contribution >= 4 is 58.4 Å². The van der Waals surface area contributed by atoms with Gasteiger partial charge in [0.05, 0.1) is 29.6 Å². The summed E-state index contributed by atoms with van der Waals surface area (Å²) in [4.78, 5) is 11.8. The maximum atomic E-state index is 9.28. The number of fused-ring (bicyclic) bond motifs is 3. The maximum absolute atomic E-state index is 9.28. The largest absolute Gasteiger partial charge is 0.457 e. The monoisotopic (exact) mass is 933 g/mol. The fourth-order valence-electron chi connectivity index (χ4n) is 10.2. The molecule has 8 aromatic carbocycles. The van der Waals surface area contributed by atoms with E-state index in [1.165, 1.54) is 15.9 Å². The molecule has 0 amide bonds. The molecule has 6 heteroatoms. The predicted molar refractivity (Wildman–Crippen MR) is 298 cm³/mol. The zero-order chi connectivity index (χ0) is 52.7. The van der Waals surface area contributed by atoms with E-state index in [-0.39, 0.29) is 40.6 Å². The molecule has 3 heterocycles. The van der Waals surface area contributed by atoms with Gasteiger partial charge in [-0.05, 0) is 109 Å². The van der Waals surface area contributed by atoms with E-state index >= 15 is 0 Å². The molecule has 0 saturated carbocycles. The topological polar surface area (TPSA) is 31.8 Å². The summed E-state index contributed by atoms with van der Waals surface area (Å²) >= 11 is 0. The first-order valence-corrected chi connectivity index (χ1v) is 27.1. The second kappa shape index (κ2) is 17.4. The molecule has 2 aliphatic heterocycles. The summed E-state index contributed by atoms with van der Waals surface area (Å²) in [5.74, 6) is 2.25. The van der Waals surface area contributed by atoms with Gasteiger partial charge in [-0.25, -0.2) is 4.98 Å². The molecule has 9 aromatic rings. The van der Waals surface area contributed by atoms with E-state index in [0.29, 0.717) is 23.7 Å². The van der Waals surface area contributed by atoms with Crippen LogP contribution in [0.4, 0.5) is 39.9 Å². The number of ether oxygens (including phenoxy) is 1. The Balaban J connectivity index is 1.03. The van der Waals surface area contributed by atoms with E-state index in [1.54, 1.807) is 0 Å². The summed E-state index contributed by atoms with van der Waals surface area (Å²) < 4.78 is 51.6. The molecular formula is C64H60N4OSi. The van der Waals surface area contributed by atoms with Gasteiger partial charge < -0.3 is 14.5 Å². The lowest BCUT2D eigenvalue weighted by Crippen LogP contribution is -2.58. The van der Waals surface area contributed by atoms with Gasteiger partial charge in [0.25, 0.3) is 0 Å². The van der Waals surface area contributed by atoms with Crippen LogP contribution in [0.25, 0.3) is 33.4 Å². The zero-order valence-electron chi connectivity index (χ0n) is 46.1. The first-order valence-electron chi connectivity index (χ1n) is 26.6. The number of rotatable bonds is 8. The van der Waals surface area contributed by atoms with Crippen molar-refractivity contribution in [3.8, 4) is 44.9 Å². The second-order valence-electron chi connectivity index (χ2n) is 21.0. The minimum absolute atomic E-state index is 0.0621. The Morgan fingerprint density at radius 3 is 1.87 bits per heavy atom. The maximum Gasteiger partial charge on any atom is 0.137 e. The summed E-state index contributed by atoms with van der Waals surface area (Å²) in [6.07, 6.45) is 1.92. The van der Waals surface area contributed by atoms with Crippen molar-refractivity contribution in [3.63, 3.8) is 0 Å². The molecule has 11 rings (SSSR count). The molecular weight excluding hydrogens is 869 g/mol. The van der Waals surface area contributed by atoms with Crippen molar-refractivity contribution in [2.24, 2.45) is 0 Å². The van der Waals surface area contributed by atoms with Gasteiger partial charge in [0.15, 0.2) is 0 Å². The molecule has 0 saturated heterocycles. The summed E-state index contributed by atoms with van der Waals surface area (Å²) in [5.41, 5.74) is 12.4. The molecule has 0 unspecified atom stereocenters. The molecule has 0 N–H and O–H groups in total. The van der Waals surface area contributed by atoms with Crippen LogP contribution in [0, 0.1) is 0 Å². The smallest absolute Gasteiger partial charge is 0.137 e. The van der Waals surface area contributed by atoms with Crippen LogP contribution in [-0.2, 0) is 10.8 Å². The summed E-state index contributed by atoms with van der Waals surface area (Å²) in [6, 6.07) is 57.2. The van der Waals surface area contributed by atoms with E-state index in [0.717, 1.165) is 67.8 Å². The highest BCUT2D eigenvalue weighted by Gasteiger charge is 2.39. The number of nitrogens with zero attached hydrogens (tertiary/aromatic N) is 4. The minimum Gasteiger partial charge on any atom is -0.457 e. The molecule has 0 bridgehead atoms. The Bertz CT molecular complexity index is 3690. The Kier molecular flexibility index (Phi) is 9.73. The van der Waals surface area contributed by atoms with Gasteiger partial charge in [0.1, 0.15) is 32.1 Å². The molecule has 2 aliphatic rings. The highest BCUT2D eigenvalue weighted by molar-refractivity contribution is 7.02. The summed E-state index contributed by atoms with van der Waals surface area (Å²) in [5, 5.41) is 2.67. The highest BCUT2D eigenvalue weighted by Crippen LogP contribution is 2.51. The molecule has 5 nitrogen and oxygen atoms in total. The fourth-order valence-corrected chi connectivity index (χ4v) is 13.1. The van der Waals surface area contributed by atoms with Gasteiger partial charge in [-0.1, -0.05) is 188 Å². The van der Waals surface area contributed by atoms with Gasteiger partial charge in [0.2, 0.25) is 0 Å². The van der Waals surface area contributed by atoms with Crippen LogP contribution >= 0.6 is 0 Å². The Labute approximate surface area is 422 Å². The van der Waals surface area contributed by atoms with Gasteiger partial charge in [0, 0.05) is 40.8 Å². The van der Waals surface area contributed by atoms with E-state index < -0.39 is 14.1 Å². The van der Waals surface area contributed by atoms with Crippen LogP contribution in [-0.4, -0.2) is 19.7 Å². The number of hydrogen-bond acceptors (Lipinski definition) is 5. The number of hydrogen-bond donors (Lipinski definition) is 0. The van der Waals surface area contributed by atoms with Crippen molar-refractivity contribution in [1.82, 2.24) is 4.98 Å². The Hall–Kier alpha value is -7.67. The van der Waals surface area contributed by atoms with Crippen LogP contribution in [0.1, 0.15) is 59.5 Å². The number of benzene rings is 8. The van der Waals surface area contributed by atoms with E-state index in [1.807, 2.05) is 60.8 Å². The number of para-hydroxylation sites is 4. The molecule has 0 fully saturated rings. The summed E-state index contributed by atoms with van der Waals surface area (Å²) in [7, 11) is -2.15.